The van der Waals surface area contributed by atoms with Crippen LogP contribution in [0.25, 0.3) is 0 Å². The predicted octanol–water partition coefficient (Wildman–Crippen LogP) is 4.90. The Balaban J connectivity index is 1.37. The normalized spacial score (nSPS) is 19.0. The smallest absolute Gasteiger partial charge is 0.318 e. The number of carbonyl (C=O) groups excluding carboxylic acids is 1. The molecule has 0 saturated carbocycles. The molecule has 2 amide bonds. The average Bonchev–Trinajstić information content (AvgIpc) is 3.19. The third kappa shape index (κ3) is 4.35. The van der Waals surface area contributed by atoms with Gasteiger partial charge in [-0.15, -0.1) is 0 Å². The third-order valence-corrected chi connectivity index (χ3v) is 6.87. The highest BCUT2D eigenvalue weighted by molar-refractivity contribution is 5.80. The van der Waals surface area contributed by atoms with Crippen LogP contribution in [-0.2, 0) is 12.1 Å². The second kappa shape index (κ2) is 8.94. The lowest BCUT2D eigenvalue weighted by atomic mass is 9.83. The van der Waals surface area contributed by atoms with Crippen LogP contribution in [0.4, 0.5) is 13.6 Å². The predicted molar refractivity (Wildman–Crippen MR) is 124 cm³/mol. The van der Waals surface area contributed by atoms with Crippen molar-refractivity contribution < 1.29 is 13.6 Å². The minimum Gasteiger partial charge on any atom is -0.323 e. The summed E-state index contributed by atoms with van der Waals surface area (Å²) in [5.41, 5.74) is 1.52. The molecular weight excluding hydrogens is 420 g/mol. The summed E-state index contributed by atoms with van der Waals surface area (Å²) < 4.78 is 28.3. The Kier molecular flexibility index (Phi) is 5.85. The van der Waals surface area contributed by atoms with Gasteiger partial charge >= 0.3 is 6.03 Å². The van der Waals surface area contributed by atoms with Crippen LogP contribution in [-0.4, -0.2) is 41.5 Å². The van der Waals surface area contributed by atoms with E-state index in [0.29, 0.717) is 17.7 Å². The molecule has 1 N–H and O–H groups in total. The van der Waals surface area contributed by atoms with Gasteiger partial charge in [-0.2, -0.15) is 0 Å². The third-order valence-electron chi connectivity index (χ3n) is 6.87. The van der Waals surface area contributed by atoms with Gasteiger partial charge < -0.3 is 10.2 Å². The van der Waals surface area contributed by atoms with Gasteiger partial charge in [-0.25, -0.2) is 13.6 Å². The fourth-order valence-electron chi connectivity index (χ4n) is 5.15. The highest BCUT2D eigenvalue weighted by Crippen LogP contribution is 2.37. The fraction of sp³-hybridized carbons (Fsp3) is 0.296. The van der Waals surface area contributed by atoms with Crippen LogP contribution >= 0.6 is 0 Å². The van der Waals surface area contributed by atoms with Crippen molar-refractivity contribution >= 4 is 6.03 Å². The average molecular weight is 448 g/mol. The number of nitrogens with zero attached hydrogens (tertiary/aromatic N) is 2. The number of carbonyl (C=O) groups is 1. The molecule has 0 spiro atoms. The summed E-state index contributed by atoms with van der Waals surface area (Å²) in [6, 6.07) is 22.7. The van der Waals surface area contributed by atoms with Crippen LogP contribution in [0.2, 0.25) is 0 Å². The zero-order valence-electron chi connectivity index (χ0n) is 18.4. The molecule has 0 atom stereocenters. The van der Waals surface area contributed by atoms with E-state index >= 15 is 0 Å². The number of piperidine rings is 1. The molecular formula is C27H27F2N3O. The topological polar surface area (TPSA) is 35.6 Å². The monoisotopic (exact) mass is 447 g/mol. The summed E-state index contributed by atoms with van der Waals surface area (Å²) in [4.78, 5) is 17.5. The van der Waals surface area contributed by atoms with Crippen molar-refractivity contribution in [2.24, 2.45) is 0 Å². The number of amides is 2. The molecule has 4 nitrogen and oxygen atoms in total. The van der Waals surface area contributed by atoms with E-state index in [-0.39, 0.29) is 23.7 Å². The number of likely N-dealkylation sites (tertiary alicyclic amines) is 1. The molecule has 3 aromatic rings. The molecule has 6 heteroatoms. The van der Waals surface area contributed by atoms with Gasteiger partial charge in [-0.05, 0) is 53.8 Å². The highest BCUT2D eigenvalue weighted by Gasteiger charge is 2.48. The standard InChI is InChI=1S/C27H27F2N3O/c28-23-10-4-8-21(16-23)27(22-9-5-11-24(29)17-22)19-32(26(33)30-27)25-12-14-31(15-13-25)18-20-6-2-1-3-7-20/h1-11,16-17,25H,12-15,18-19H2,(H,30,33). The minimum absolute atomic E-state index is 0.0843. The maximum Gasteiger partial charge on any atom is 0.318 e. The van der Waals surface area contributed by atoms with E-state index in [4.69, 9.17) is 0 Å². The maximum atomic E-state index is 14.2. The molecule has 2 heterocycles. The Morgan fingerprint density at radius 3 is 2.03 bits per heavy atom. The van der Waals surface area contributed by atoms with Gasteiger partial charge in [0.05, 0.1) is 6.54 Å². The van der Waals surface area contributed by atoms with E-state index in [1.165, 1.54) is 29.8 Å². The number of benzene rings is 3. The molecule has 170 valence electrons. The molecule has 0 radical (unpaired) electrons. The molecule has 0 aliphatic carbocycles. The van der Waals surface area contributed by atoms with E-state index in [1.54, 1.807) is 24.3 Å². The first-order valence-electron chi connectivity index (χ1n) is 11.4. The zero-order valence-corrected chi connectivity index (χ0v) is 18.4. The van der Waals surface area contributed by atoms with Crippen LogP contribution in [0.5, 0.6) is 0 Å². The van der Waals surface area contributed by atoms with Gasteiger partial charge in [0.15, 0.2) is 0 Å². The summed E-state index contributed by atoms with van der Waals surface area (Å²) in [5, 5.41) is 3.09. The Labute approximate surface area is 192 Å². The van der Waals surface area contributed by atoms with Crippen molar-refractivity contribution in [3.05, 3.63) is 107 Å². The molecule has 2 saturated heterocycles. The Morgan fingerprint density at radius 1 is 0.848 bits per heavy atom. The lowest BCUT2D eigenvalue weighted by Crippen LogP contribution is -2.46. The molecule has 0 unspecified atom stereocenters. The van der Waals surface area contributed by atoms with Gasteiger partial charge in [0.2, 0.25) is 0 Å². The van der Waals surface area contributed by atoms with Crippen molar-refractivity contribution in [2.45, 2.75) is 31.0 Å². The van der Waals surface area contributed by atoms with Crippen molar-refractivity contribution in [1.82, 2.24) is 15.1 Å². The van der Waals surface area contributed by atoms with E-state index in [0.717, 1.165) is 32.5 Å². The molecule has 33 heavy (non-hydrogen) atoms. The van der Waals surface area contributed by atoms with Crippen LogP contribution in [0.1, 0.15) is 29.5 Å². The molecule has 5 rings (SSSR count). The first-order chi connectivity index (χ1) is 16.0. The zero-order chi connectivity index (χ0) is 22.8. The molecule has 2 aliphatic heterocycles. The van der Waals surface area contributed by atoms with Crippen LogP contribution in [0, 0.1) is 11.6 Å². The second-order valence-electron chi connectivity index (χ2n) is 8.98. The van der Waals surface area contributed by atoms with Crippen LogP contribution in [0.3, 0.4) is 0 Å². The Morgan fingerprint density at radius 2 is 1.45 bits per heavy atom. The van der Waals surface area contributed by atoms with Gasteiger partial charge in [-0.3, -0.25) is 4.90 Å². The maximum absolute atomic E-state index is 14.2. The number of nitrogens with one attached hydrogen (secondary N) is 1. The van der Waals surface area contributed by atoms with E-state index in [2.05, 4.69) is 34.5 Å². The minimum atomic E-state index is -0.998. The number of rotatable bonds is 5. The lowest BCUT2D eigenvalue weighted by Gasteiger charge is -2.37. The molecule has 2 aliphatic rings. The first-order valence-corrected chi connectivity index (χ1v) is 11.4. The quantitative estimate of drug-likeness (QED) is 0.604. The van der Waals surface area contributed by atoms with E-state index in [1.807, 2.05) is 11.0 Å². The van der Waals surface area contributed by atoms with E-state index < -0.39 is 5.54 Å². The lowest BCUT2D eigenvalue weighted by molar-refractivity contribution is 0.129. The fourth-order valence-corrected chi connectivity index (χ4v) is 5.15. The summed E-state index contributed by atoms with van der Waals surface area (Å²) in [7, 11) is 0. The number of hydrogen-bond donors (Lipinski definition) is 1. The van der Waals surface area contributed by atoms with Crippen molar-refractivity contribution in [2.75, 3.05) is 19.6 Å². The summed E-state index contributed by atoms with van der Waals surface area (Å²) in [6.45, 7) is 3.03. The Hall–Kier alpha value is -3.25. The molecule has 2 fully saturated rings. The molecule has 0 bridgehead atoms. The number of hydrogen-bond acceptors (Lipinski definition) is 2. The number of halogens is 2. The highest BCUT2D eigenvalue weighted by atomic mass is 19.1. The van der Waals surface area contributed by atoms with Gasteiger partial charge in [0, 0.05) is 25.7 Å². The van der Waals surface area contributed by atoms with Crippen molar-refractivity contribution in [3.63, 3.8) is 0 Å². The largest absolute Gasteiger partial charge is 0.323 e. The SMILES string of the molecule is O=C1NC(c2cccc(F)c2)(c2cccc(F)c2)CN1C1CCN(Cc2ccccc2)CC1. The van der Waals surface area contributed by atoms with E-state index in [9.17, 15) is 13.6 Å². The summed E-state index contributed by atoms with van der Waals surface area (Å²) in [5.74, 6) is -0.768. The van der Waals surface area contributed by atoms with Gasteiger partial charge in [0.1, 0.15) is 17.2 Å². The first kappa shape index (κ1) is 21.6. The number of urea groups is 1. The van der Waals surface area contributed by atoms with Crippen molar-refractivity contribution in [1.29, 1.82) is 0 Å². The second-order valence-corrected chi connectivity index (χ2v) is 8.98. The van der Waals surface area contributed by atoms with Crippen LogP contribution in [0.15, 0.2) is 78.9 Å². The van der Waals surface area contributed by atoms with Crippen molar-refractivity contribution in [3.8, 4) is 0 Å². The Bertz CT molecular complexity index is 1080. The van der Waals surface area contributed by atoms with Gasteiger partial charge in [0.25, 0.3) is 0 Å². The molecule has 3 aromatic carbocycles. The summed E-state index contributed by atoms with van der Waals surface area (Å²) in [6.07, 6.45) is 1.73. The summed E-state index contributed by atoms with van der Waals surface area (Å²) >= 11 is 0. The van der Waals surface area contributed by atoms with Crippen LogP contribution < -0.4 is 5.32 Å². The molecule has 0 aromatic heterocycles. The van der Waals surface area contributed by atoms with Gasteiger partial charge in [-0.1, -0.05) is 54.6 Å².